The Morgan fingerprint density at radius 1 is 1.41 bits per heavy atom. The third-order valence-electron chi connectivity index (χ3n) is 2.63. The van der Waals surface area contributed by atoms with Gasteiger partial charge >= 0.3 is 0 Å². The molecule has 0 aliphatic carbocycles. The Morgan fingerprint density at radius 3 is 2.94 bits per heavy atom. The van der Waals surface area contributed by atoms with Gasteiger partial charge in [-0.3, -0.25) is 4.68 Å². The molecule has 2 rings (SSSR count). The van der Waals surface area contributed by atoms with Gasteiger partial charge in [0.2, 0.25) is 0 Å². The van der Waals surface area contributed by atoms with Gasteiger partial charge in [0, 0.05) is 35.5 Å². The molecule has 1 N–H and O–H groups in total. The molecule has 0 unspecified atom stereocenters. The first-order chi connectivity index (χ1) is 8.19. The third kappa shape index (κ3) is 3.09. The van der Waals surface area contributed by atoms with E-state index in [1.54, 1.807) is 0 Å². The van der Waals surface area contributed by atoms with Gasteiger partial charge < -0.3 is 5.32 Å². The maximum Gasteiger partial charge on any atom is 0.0671 e. The summed E-state index contributed by atoms with van der Waals surface area (Å²) >= 11 is 3.46. The van der Waals surface area contributed by atoms with Crippen LogP contribution in [0.5, 0.6) is 0 Å². The summed E-state index contributed by atoms with van der Waals surface area (Å²) in [6.07, 6.45) is 3.04. The Balaban J connectivity index is 2.06. The molecular formula is C13H16BrN3. The average Bonchev–Trinajstić information content (AvgIpc) is 2.67. The molecule has 0 bridgehead atoms. The Bertz CT molecular complexity index is 505. The fraction of sp³-hybridized carbons (Fsp3) is 0.308. The van der Waals surface area contributed by atoms with E-state index in [1.165, 1.54) is 5.56 Å². The highest BCUT2D eigenvalue weighted by molar-refractivity contribution is 9.10. The van der Waals surface area contributed by atoms with E-state index in [4.69, 9.17) is 0 Å². The number of aryl methyl sites for hydroxylation is 2. The topological polar surface area (TPSA) is 29.9 Å². The summed E-state index contributed by atoms with van der Waals surface area (Å²) < 4.78 is 2.96. The van der Waals surface area contributed by atoms with Gasteiger partial charge in [0.15, 0.2) is 0 Å². The average molecular weight is 294 g/mol. The van der Waals surface area contributed by atoms with Crippen LogP contribution in [0.4, 0.5) is 5.69 Å². The Morgan fingerprint density at radius 2 is 2.24 bits per heavy atom. The molecule has 3 nitrogen and oxygen atoms in total. The van der Waals surface area contributed by atoms with Crippen LogP contribution in [-0.2, 0) is 20.0 Å². The van der Waals surface area contributed by atoms with Crippen molar-refractivity contribution in [3.05, 3.63) is 46.2 Å². The number of benzene rings is 1. The summed E-state index contributed by atoms with van der Waals surface area (Å²) in [5.41, 5.74) is 3.54. The van der Waals surface area contributed by atoms with Crippen molar-refractivity contribution in [1.29, 1.82) is 0 Å². The Labute approximate surface area is 110 Å². The molecule has 0 aliphatic rings. The van der Waals surface area contributed by atoms with E-state index >= 15 is 0 Å². The molecule has 1 heterocycles. The minimum absolute atomic E-state index is 0.813. The van der Waals surface area contributed by atoms with Crippen LogP contribution >= 0.6 is 15.9 Å². The number of aromatic nitrogens is 2. The van der Waals surface area contributed by atoms with E-state index in [9.17, 15) is 0 Å². The predicted molar refractivity (Wildman–Crippen MR) is 74.1 cm³/mol. The zero-order valence-electron chi connectivity index (χ0n) is 10.1. The van der Waals surface area contributed by atoms with Crippen molar-refractivity contribution < 1.29 is 0 Å². The Hall–Kier alpha value is -1.29. The lowest BCUT2D eigenvalue weighted by atomic mass is 10.2. The summed E-state index contributed by atoms with van der Waals surface area (Å²) in [4.78, 5) is 0. The van der Waals surface area contributed by atoms with Crippen LogP contribution in [0.1, 0.15) is 18.2 Å². The maximum absolute atomic E-state index is 4.43. The van der Waals surface area contributed by atoms with Gasteiger partial charge in [-0.1, -0.05) is 28.9 Å². The minimum atomic E-state index is 0.813. The Kier molecular flexibility index (Phi) is 3.84. The number of rotatable bonds is 4. The van der Waals surface area contributed by atoms with Crippen LogP contribution < -0.4 is 5.32 Å². The van der Waals surface area contributed by atoms with Crippen LogP contribution in [0.2, 0.25) is 0 Å². The van der Waals surface area contributed by atoms with Gasteiger partial charge in [-0.05, 0) is 24.6 Å². The van der Waals surface area contributed by atoms with Crippen LogP contribution in [0, 0.1) is 0 Å². The van der Waals surface area contributed by atoms with Crippen molar-refractivity contribution >= 4 is 21.6 Å². The van der Waals surface area contributed by atoms with Gasteiger partial charge in [0.05, 0.1) is 5.69 Å². The fourth-order valence-electron chi connectivity index (χ4n) is 1.82. The smallest absolute Gasteiger partial charge is 0.0671 e. The quantitative estimate of drug-likeness (QED) is 0.937. The van der Waals surface area contributed by atoms with Gasteiger partial charge in [0.1, 0.15) is 0 Å². The number of nitrogens with zero attached hydrogens (tertiary/aromatic N) is 2. The number of halogens is 1. The highest BCUT2D eigenvalue weighted by Gasteiger charge is 2.05. The molecule has 90 valence electrons. The van der Waals surface area contributed by atoms with Gasteiger partial charge in [-0.2, -0.15) is 5.10 Å². The highest BCUT2D eigenvalue weighted by atomic mass is 79.9. The van der Waals surface area contributed by atoms with E-state index in [1.807, 2.05) is 23.9 Å². The normalized spacial score (nSPS) is 10.5. The van der Waals surface area contributed by atoms with E-state index < -0.39 is 0 Å². The second kappa shape index (κ2) is 5.36. The molecule has 1 aromatic heterocycles. The molecule has 0 radical (unpaired) electrons. The monoisotopic (exact) mass is 293 g/mol. The lowest BCUT2D eigenvalue weighted by Gasteiger charge is -2.06. The number of hydrogen-bond acceptors (Lipinski definition) is 2. The zero-order chi connectivity index (χ0) is 12.3. The number of nitrogens with one attached hydrogen (secondary N) is 1. The summed E-state index contributed by atoms with van der Waals surface area (Å²) in [7, 11) is 1.96. The summed E-state index contributed by atoms with van der Waals surface area (Å²) in [5, 5.41) is 7.83. The molecule has 2 aromatic rings. The van der Waals surface area contributed by atoms with E-state index in [-0.39, 0.29) is 0 Å². The predicted octanol–water partition coefficient (Wildman–Crippen LogP) is 3.36. The number of hydrogen-bond donors (Lipinski definition) is 1. The molecule has 0 fully saturated rings. The molecule has 0 atom stereocenters. The lowest BCUT2D eigenvalue weighted by Crippen LogP contribution is -2.00. The zero-order valence-corrected chi connectivity index (χ0v) is 11.7. The van der Waals surface area contributed by atoms with Crippen LogP contribution in [0.15, 0.2) is 34.9 Å². The summed E-state index contributed by atoms with van der Waals surface area (Å²) in [6, 6.07) is 8.18. The van der Waals surface area contributed by atoms with Gasteiger partial charge in [-0.15, -0.1) is 0 Å². The lowest BCUT2D eigenvalue weighted by molar-refractivity contribution is 0.746. The van der Waals surface area contributed by atoms with Crippen LogP contribution in [0.3, 0.4) is 0 Å². The molecule has 0 saturated carbocycles. The molecule has 17 heavy (non-hydrogen) atoms. The van der Waals surface area contributed by atoms with Crippen molar-refractivity contribution in [2.45, 2.75) is 19.9 Å². The summed E-state index contributed by atoms with van der Waals surface area (Å²) in [5.74, 6) is 0. The van der Waals surface area contributed by atoms with Crippen LogP contribution in [0.25, 0.3) is 0 Å². The molecule has 4 heteroatoms. The van der Waals surface area contributed by atoms with E-state index in [2.05, 4.69) is 51.6 Å². The van der Waals surface area contributed by atoms with Crippen molar-refractivity contribution in [3.63, 3.8) is 0 Å². The largest absolute Gasteiger partial charge is 0.381 e. The molecule has 0 saturated heterocycles. The van der Waals surface area contributed by atoms with Gasteiger partial charge in [-0.25, -0.2) is 0 Å². The van der Waals surface area contributed by atoms with E-state index in [0.717, 1.165) is 28.8 Å². The van der Waals surface area contributed by atoms with Crippen LogP contribution in [-0.4, -0.2) is 9.78 Å². The first-order valence-corrected chi connectivity index (χ1v) is 6.49. The SMILES string of the molecule is CCc1nn(C)cc1CNc1cccc(Br)c1. The van der Waals surface area contributed by atoms with Crippen molar-refractivity contribution in [3.8, 4) is 0 Å². The second-order valence-corrected chi connectivity index (χ2v) is 4.91. The second-order valence-electron chi connectivity index (χ2n) is 3.99. The van der Waals surface area contributed by atoms with Gasteiger partial charge in [0.25, 0.3) is 0 Å². The van der Waals surface area contributed by atoms with Crippen molar-refractivity contribution in [2.24, 2.45) is 7.05 Å². The standard InChI is InChI=1S/C13H16BrN3/c1-3-13-10(9-17(2)16-13)8-15-12-6-4-5-11(14)7-12/h4-7,9,15H,3,8H2,1-2H3. The highest BCUT2D eigenvalue weighted by Crippen LogP contribution is 2.17. The molecule has 1 aromatic carbocycles. The fourth-order valence-corrected chi connectivity index (χ4v) is 2.22. The number of anilines is 1. The molecule has 0 spiro atoms. The minimum Gasteiger partial charge on any atom is -0.381 e. The molecule has 0 aliphatic heterocycles. The first-order valence-electron chi connectivity index (χ1n) is 5.70. The molecular weight excluding hydrogens is 278 g/mol. The third-order valence-corrected chi connectivity index (χ3v) is 3.13. The van der Waals surface area contributed by atoms with E-state index in [0.29, 0.717) is 0 Å². The first kappa shape index (κ1) is 12.2. The van der Waals surface area contributed by atoms with Crippen molar-refractivity contribution in [2.75, 3.05) is 5.32 Å². The summed E-state index contributed by atoms with van der Waals surface area (Å²) in [6.45, 7) is 2.94. The van der Waals surface area contributed by atoms with Crippen molar-refractivity contribution in [1.82, 2.24) is 9.78 Å². The maximum atomic E-state index is 4.43. The molecule has 0 amide bonds.